The Morgan fingerprint density at radius 3 is 2.62 bits per heavy atom. The molecule has 0 unspecified atom stereocenters. The van der Waals surface area contributed by atoms with Crippen LogP contribution in [0.2, 0.25) is 0 Å². The van der Waals surface area contributed by atoms with Crippen LogP contribution in [-0.2, 0) is 16.6 Å². The number of hydrogen-bond acceptors (Lipinski definition) is 3. The highest BCUT2D eigenvalue weighted by atomic mass is 79.9. The Morgan fingerprint density at radius 1 is 1.24 bits per heavy atom. The van der Waals surface area contributed by atoms with Crippen molar-refractivity contribution in [3.8, 4) is 0 Å². The molecule has 4 nitrogen and oxygen atoms in total. The summed E-state index contributed by atoms with van der Waals surface area (Å²) in [6.45, 7) is 0.263. The molecule has 1 saturated carbocycles. The maximum atomic E-state index is 12.9. The molecule has 1 aliphatic rings. The summed E-state index contributed by atoms with van der Waals surface area (Å²) in [5, 5.41) is 0. The molecule has 7 heteroatoms. The third-order valence-electron chi connectivity index (χ3n) is 3.33. The van der Waals surface area contributed by atoms with Crippen molar-refractivity contribution in [2.24, 2.45) is 0 Å². The predicted octanol–water partition coefficient (Wildman–Crippen LogP) is 4.16. The summed E-state index contributed by atoms with van der Waals surface area (Å²) < 4.78 is 34.0. The molecule has 1 fully saturated rings. The molecule has 0 bridgehead atoms. The second-order valence-electron chi connectivity index (χ2n) is 4.94. The van der Waals surface area contributed by atoms with Crippen molar-refractivity contribution in [1.82, 2.24) is 4.31 Å². The molecule has 0 radical (unpaired) electrons. The maximum absolute atomic E-state index is 12.9. The Morgan fingerprint density at radius 2 is 2.00 bits per heavy atom. The molecule has 2 aromatic rings. The zero-order chi connectivity index (χ0) is 15.0. The largest absolute Gasteiger partial charge is 0.468 e. The second kappa shape index (κ2) is 5.87. The van der Waals surface area contributed by atoms with E-state index in [1.807, 2.05) is 0 Å². The zero-order valence-corrected chi connectivity index (χ0v) is 15.0. The summed E-state index contributed by atoms with van der Waals surface area (Å²) in [4.78, 5) is 0.273. The average molecular weight is 435 g/mol. The van der Waals surface area contributed by atoms with E-state index in [0.717, 1.165) is 17.3 Å². The van der Waals surface area contributed by atoms with Gasteiger partial charge in [-0.3, -0.25) is 0 Å². The van der Waals surface area contributed by atoms with Crippen molar-refractivity contribution in [2.45, 2.75) is 30.3 Å². The van der Waals surface area contributed by atoms with Gasteiger partial charge in [-0.2, -0.15) is 4.31 Å². The van der Waals surface area contributed by atoms with Gasteiger partial charge < -0.3 is 4.42 Å². The van der Waals surface area contributed by atoms with Crippen LogP contribution < -0.4 is 0 Å². The number of furan rings is 1. The van der Waals surface area contributed by atoms with E-state index in [0.29, 0.717) is 10.2 Å². The summed E-state index contributed by atoms with van der Waals surface area (Å²) >= 11 is 6.66. The normalized spacial score (nSPS) is 15.6. The lowest BCUT2D eigenvalue weighted by Crippen LogP contribution is -2.32. The van der Waals surface area contributed by atoms with E-state index in [2.05, 4.69) is 31.9 Å². The van der Waals surface area contributed by atoms with Crippen molar-refractivity contribution in [2.75, 3.05) is 0 Å². The quantitative estimate of drug-likeness (QED) is 0.709. The van der Waals surface area contributed by atoms with Crippen LogP contribution in [0.15, 0.2) is 54.9 Å². The third-order valence-corrected chi connectivity index (χ3v) is 6.71. The van der Waals surface area contributed by atoms with Gasteiger partial charge >= 0.3 is 0 Å². The minimum absolute atomic E-state index is 0.0611. The van der Waals surface area contributed by atoms with Crippen LogP contribution >= 0.6 is 31.9 Å². The molecule has 0 amide bonds. The Hall–Kier alpha value is -0.630. The molecule has 0 atom stereocenters. The molecule has 0 N–H and O–H groups in total. The highest BCUT2D eigenvalue weighted by Gasteiger charge is 2.39. The zero-order valence-electron chi connectivity index (χ0n) is 11.0. The molecular formula is C14H13Br2NO3S. The van der Waals surface area contributed by atoms with Crippen LogP contribution in [0.25, 0.3) is 0 Å². The van der Waals surface area contributed by atoms with E-state index in [-0.39, 0.29) is 17.5 Å². The molecule has 1 aromatic carbocycles. The van der Waals surface area contributed by atoms with E-state index in [1.165, 1.54) is 4.31 Å². The molecule has 1 aliphatic carbocycles. The second-order valence-corrected chi connectivity index (χ2v) is 8.56. The van der Waals surface area contributed by atoms with Gasteiger partial charge in [-0.05, 0) is 59.1 Å². The van der Waals surface area contributed by atoms with Gasteiger partial charge in [-0.25, -0.2) is 8.42 Å². The Labute approximate surface area is 140 Å². The van der Waals surface area contributed by atoms with E-state index in [4.69, 9.17) is 4.42 Å². The van der Waals surface area contributed by atoms with Gasteiger partial charge in [0.05, 0.1) is 17.7 Å². The van der Waals surface area contributed by atoms with Crippen LogP contribution in [-0.4, -0.2) is 18.8 Å². The molecule has 1 heterocycles. The summed E-state index contributed by atoms with van der Waals surface area (Å²) in [6.07, 6.45) is 3.35. The van der Waals surface area contributed by atoms with Crippen molar-refractivity contribution in [3.05, 3.63) is 51.3 Å². The first kappa shape index (κ1) is 15.3. The highest BCUT2D eigenvalue weighted by molar-refractivity contribution is 9.11. The maximum Gasteiger partial charge on any atom is 0.244 e. The van der Waals surface area contributed by atoms with Gasteiger partial charge in [0, 0.05) is 15.0 Å². The van der Waals surface area contributed by atoms with Crippen molar-refractivity contribution in [1.29, 1.82) is 0 Å². The molecule has 0 spiro atoms. The number of rotatable bonds is 5. The van der Waals surface area contributed by atoms with Crippen LogP contribution in [0.1, 0.15) is 18.6 Å². The highest BCUT2D eigenvalue weighted by Crippen LogP contribution is 2.36. The first-order valence-electron chi connectivity index (χ1n) is 6.48. The van der Waals surface area contributed by atoms with E-state index in [1.54, 1.807) is 36.6 Å². The third kappa shape index (κ3) is 3.26. The van der Waals surface area contributed by atoms with Crippen LogP contribution in [0.3, 0.4) is 0 Å². The molecular weight excluding hydrogens is 422 g/mol. The number of hydrogen-bond donors (Lipinski definition) is 0. The minimum atomic E-state index is -3.57. The van der Waals surface area contributed by atoms with Crippen molar-refractivity contribution in [3.63, 3.8) is 0 Å². The van der Waals surface area contributed by atoms with Gasteiger partial charge in [-0.15, -0.1) is 0 Å². The lowest BCUT2D eigenvalue weighted by Gasteiger charge is -2.21. The molecule has 3 rings (SSSR count). The first-order valence-corrected chi connectivity index (χ1v) is 9.50. The standard InChI is InChI=1S/C14H13Br2NO3S/c15-10-3-6-13(16)14(8-10)21(18,19)17(11-4-5-11)9-12-2-1-7-20-12/h1-3,6-8,11H,4-5,9H2. The van der Waals surface area contributed by atoms with Crippen molar-refractivity contribution < 1.29 is 12.8 Å². The number of nitrogens with zero attached hydrogens (tertiary/aromatic N) is 1. The Bertz CT molecular complexity index is 740. The lowest BCUT2D eigenvalue weighted by atomic mass is 10.4. The summed E-state index contributed by atoms with van der Waals surface area (Å²) in [5.41, 5.74) is 0. The van der Waals surface area contributed by atoms with Gasteiger partial charge in [0.1, 0.15) is 5.76 Å². The average Bonchev–Trinajstić information content (AvgIpc) is 3.14. The van der Waals surface area contributed by atoms with Gasteiger partial charge in [0.15, 0.2) is 0 Å². The predicted molar refractivity (Wildman–Crippen MR) is 86.3 cm³/mol. The fourth-order valence-corrected chi connectivity index (χ4v) is 5.25. The summed E-state index contributed by atoms with van der Waals surface area (Å²) in [5.74, 6) is 0.650. The lowest BCUT2D eigenvalue weighted by molar-refractivity contribution is 0.356. The summed E-state index contributed by atoms with van der Waals surface area (Å²) in [7, 11) is -3.57. The number of sulfonamides is 1. The van der Waals surface area contributed by atoms with Gasteiger partial charge in [-0.1, -0.05) is 15.9 Å². The Balaban J connectivity index is 1.99. The van der Waals surface area contributed by atoms with Crippen LogP contribution in [0, 0.1) is 0 Å². The molecule has 1 aromatic heterocycles. The fourth-order valence-electron chi connectivity index (χ4n) is 2.13. The van der Waals surface area contributed by atoms with E-state index < -0.39 is 10.0 Å². The Kier molecular flexibility index (Phi) is 4.27. The minimum Gasteiger partial charge on any atom is -0.468 e. The fraction of sp³-hybridized carbons (Fsp3) is 0.286. The van der Waals surface area contributed by atoms with Crippen LogP contribution in [0.4, 0.5) is 0 Å². The molecule has 112 valence electrons. The topological polar surface area (TPSA) is 50.5 Å². The molecule has 21 heavy (non-hydrogen) atoms. The van der Waals surface area contributed by atoms with Gasteiger partial charge in [0.25, 0.3) is 0 Å². The number of benzene rings is 1. The summed E-state index contributed by atoms with van der Waals surface area (Å²) in [6, 6.07) is 8.78. The van der Waals surface area contributed by atoms with E-state index >= 15 is 0 Å². The molecule has 0 aliphatic heterocycles. The molecule has 0 saturated heterocycles. The van der Waals surface area contributed by atoms with Crippen LogP contribution in [0.5, 0.6) is 0 Å². The van der Waals surface area contributed by atoms with E-state index in [9.17, 15) is 8.42 Å². The van der Waals surface area contributed by atoms with Gasteiger partial charge in [0.2, 0.25) is 10.0 Å². The number of halogens is 2. The van der Waals surface area contributed by atoms with Crippen molar-refractivity contribution >= 4 is 41.9 Å². The first-order chi connectivity index (χ1) is 9.98. The smallest absolute Gasteiger partial charge is 0.244 e. The monoisotopic (exact) mass is 433 g/mol. The SMILES string of the molecule is O=S(=O)(c1cc(Br)ccc1Br)N(Cc1ccco1)C1CC1.